The molecule has 5 heterocycles. The summed E-state index contributed by atoms with van der Waals surface area (Å²) < 4.78 is 9.42. The molecule has 4 fully saturated rings. The molecular weight excluding hydrogens is 624 g/mol. The second-order valence-electron chi connectivity index (χ2n) is 15.3. The van der Waals surface area contributed by atoms with E-state index in [-0.39, 0.29) is 46.1 Å². The van der Waals surface area contributed by atoms with Crippen molar-refractivity contribution in [3.63, 3.8) is 0 Å². The van der Waals surface area contributed by atoms with Crippen LogP contribution in [0.4, 0.5) is 0 Å². The molecule has 13 heteroatoms. The summed E-state index contributed by atoms with van der Waals surface area (Å²) in [5.41, 5.74) is 2.33. The van der Waals surface area contributed by atoms with E-state index in [4.69, 9.17) is 14.6 Å². The second-order valence-corrected chi connectivity index (χ2v) is 15.3. The minimum Gasteiger partial charge on any atom is -0.478 e. The molecular formula is C36H42N8O5. The summed E-state index contributed by atoms with van der Waals surface area (Å²) in [6.45, 7) is 8.63. The first-order valence-corrected chi connectivity index (χ1v) is 17.3. The third-order valence-corrected chi connectivity index (χ3v) is 11.4. The maximum atomic E-state index is 13.9. The van der Waals surface area contributed by atoms with Crippen LogP contribution in [0.3, 0.4) is 0 Å². The van der Waals surface area contributed by atoms with Crippen LogP contribution in [0.5, 0.6) is 0 Å². The van der Waals surface area contributed by atoms with Crippen molar-refractivity contribution in [2.75, 3.05) is 26.2 Å². The van der Waals surface area contributed by atoms with Crippen molar-refractivity contribution in [3.05, 3.63) is 83.0 Å². The number of benzene rings is 1. The van der Waals surface area contributed by atoms with Gasteiger partial charge in [0.25, 0.3) is 11.8 Å². The van der Waals surface area contributed by atoms with Crippen LogP contribution in [-0.4, -0.2) is 88.6 Å². The molecule has 1 aromatic carbocycles. The first-order chi connectivity index (χ1) is 23.5. The summed E-state index contributed by atoms with van der Waals surface area (Å²) in [4.78, 5) is 47.1. The Morgan fingerprint density at radius 3 is 2.43 bits per heavy atom. The Morgan fingerprint density at radius 1 is 1.02 bits per heavy atom. The van der Waals surface area contributed by atoms with Gasteiger partial charge in [0.05, 0.1) is 35.5 Å². The van der Waals surface area contributed by atoms with E-state index in [1.807, 2.05) is 27.6 Å². The topological polar surface area (TPSA) is 152 Å². The zero-order valence-corrected chi connectivity index (χ0v) is 28.2. The molecule has 1 N–H and O–H groups in total. The van der Waals surface area contributed by atoms with Gasteiger partial charge in [-0.3, -0.25) is 19.0 Å². The Labute approximate surface area is 284 Å². The number of likely N-dealkylation sites (tertiary alicyclic amines) is 2. The van der Waals surface area contributed by atoms with Gasteiger partial charge in [-0.25, -0.2) is 4.79 Å². The SMILES string of the molecule is CC(c1nc(C2CN(C(=O)c3cnn(Cc4ccc(C(=O)O)cc4)c3)CC23CN(C(=O)C2CC2(C)C)C3)no1)n1ccc(C2CCCC2)n1. The predicted octanol–water partition coefficient (Wildman–Crippen LogP) is 4.59. The van der Waals surface area contributed by atoms with Gasteiger partial charge >= 0.3 is 5.97 Å². The van der Waals surface area contributed by atoms with Gasteiger partial charge in [0, 0.05) is 55.8 Å². The van der Waals surface area contributed by atoms with Gasteiger partial charge < -0.3 is 19.4 Å². The molecule has 2 saturated carbocycles. The summed E-state index contributed by atoms with van der Waals surface area (Å²) in [5, 5.41) is 22.9. The lowest BCUT2D eigenvalue weighted by atomic mass is 9.71. The Bertz CT molecular complexity index is 1890. The van der Waals surface area contributed by atoms with E-state index in [1.54, 1.807) is 41.3 Å². The molecule has 3 unspecified atom stereocenters. The lowest BCUT2D eigenvalue weighted by Crippen LogP contribution is -2.62. The second kappa shape index (κ2) is 11.7. The van der Waals surface area contributed by atoms with E-state index in [0.717, 1.165) is 17.7 Å². The maximum absolute atomic E-state index is 13.9. The number of rotatable bonds is 9. The van der Waals surface area contributed by atoms with Gasteiger partial charge in [0.2, 0.25) is 5.91 Å². The molecule has 3 atom stereocenters. The van der Waals surface area contributed by atoms with E-state index in [0.29, 0.717) is 55.9 Å². The number of hydrogen-bond donors (Lipinski definition) is 1. The van der Waals surface area contributed by atoms with Gasteiger partial charge in [-0.2, -0.15) is 15.2 Å². The fraction of sp³-hybridized carbons (Fsp3) is 0.528. The largest absolute Gasteiger partial charge is 0.478 e. The lowest BCUT2D eigenvalue weighted by Gasteiger charge is -2.50. The van der Waals surface area contributed by atoms with Gasteiger partial charge in [-0.15, -0.1) is 0 Å². The normalized spacial score (nSPS) is 23.2. The number of amides is 2. The first kappa shape index (κ1) is 31.5. The Hall–Kier alpha value is -4.81. The Balaban J connectivity index is 1.00. The summed E-state index contributed by atoms with van der Waals surface area (Å²) in [5.74, 6) is 0.456. The van der Waals surface area contributed by atoms with E-state index in [2.05, 4.69) is 30.2 Å². The highest BCUT2D eigenvalue weighted by Gasteiger charge is 2.61. The van der Waals surface area contributed by atoms with E-state index >= 15 is 0 Å². The van der Waals surface area contributed by atoms with Crippen molar-refractivity contribution in [2.24, 2.45) is 16.7 Å². The highest BCUT2D eigenvalue weighted by atomic mass is 16.5. The number of aromatic carboxylic acids is 1. The minimum absolute atomic E-state index is 0.0399. The van der Waals surface area contributed by atoms with Crippen molar-refractivity contribution < 1.29 is 24.0 Å². The van der Waals surface area contributed by atoms with Crippen molar-refractivity contribution in [3.8, 4) is 0 Å². The van der Waals surface area contributed by atoms with Crippen molar-refractivity contribution >= 4 is 17.8 Å². The molecule has 4 aromatic rings. The minimum atomic E-state index is -0.979. The molecule has 4 aliphatic rings. The predicted molar refractivity (Wildman–Crippen MR) is 176 cm³/mol. The molecule has 1 spiro atoms. The van der Waals surface area contributed by atoms with E-state index in [9.17, 15) is 19.5 Å². The van der Waals surface area contributed by atoms with Crippen LogP contribution >= 0.6 is 0 Å². The van der Waals surface area contributed by atoms with Crippen LogP contribution in [0.2, 0.25) is 0 Å². The number of hydrogen-bond acceptors (Lipinski definition) is 8. The van der Waals surface area contributed by atoms with Crippen molar-refractivity contribution in [1.29, 1.82) is 0 Å². The maximum Gasteiger partial charge on any atom is 0.335 e. The lowest BCUT2D eigenvalue weighted by molar-refractivity contribution is -0.145. The molecule has 2 aliphatic carbocycles. The monoisotopic (exact) mass is 666 g/mol. The van der Waals surface area contributed by atoms with Gasteiger partial charge in [0.1, 0.15) is 6.04 Å². The molecule has 0 radical (unpaired) electrons. The third kappa shape index (κ3) is 5.72. The number of carbonyl (C=O) groups excluding carboxylic acids is 2. The van der Waals surface area contributed by atoms with Gasteiger partial charge in [-0.1, -0.05) is 44.0 Å². The molecule has 3 aromatic heterocycles. The first-order valence-electron chi connectivity index (χ1n) is 17.3. The van der Waals surface area contributed by atoms with Crippen LogP contribution in [0.25, 0.3) is 0 Å². The van der Waals surface area contributed by atoms with Gasteiger partial charge in [-0.05, 0) is 55.4 Å². The molecule has 0 bridgehead atoms. The smallest absolute Gasteiger partial charge is 0.335 e. The zero-order valence-electron chi connectivity index (χ0n) is 28.2. The molecule has 8 rings (SSSR count). The summed E-state index contributed by atoms with van der Waals surface area (Å²) >= 11 is 0. The molecule has 13 nitrogen and oxygen atoms in total. The van der Waals surface area contributed by atoms with Crippen LogP contribution < -0.4 is 0 Å². The third-order valence-electron chi connectivity index (χ3n) is 11.4. The number of aromatic nitrogens is 6. The van der Waals surface area contributed by atoms with E-state index in [1.165, 1.54) is 25.7 Å². The van der Waals surface area contributed by atoms with Crippen LogP contribution in [0.1, 0.15) is 114 Å². The zero-order chi connectivity index (χ0) is 34.1. The van der Waals surface area contributed by atoms with Crippen LogP contribution in [0, 0.1) is 16.7 Å². The summed E-state index contributed by atoms with van der Waals surface area (Å²) in [7, 11) is 0. The summed E-state index contributed by atoms with van der Waals surface area (Å²) in [6.07, 6.45) is 11.0. The highest BCUT2D eigenvalue weighted by molar-refractivity contribution is 5.94. The number of carboxylic acid groups (broad SMARTS) is 1. The Kier molecular flexibility index (Phi) is 7.49. The average molecular weight is 667 g/mol. The molecule has 49 heavy (non-hydrogen) atoms. The molecule has 2 aliphatic heterocycles. The number of carboxylic acids is 1. The molecule has 256 valence electrons. The van der Waals surface area contributed by atoms with Crippen molar-refractivity contribution in [1.82, 2.24) is 39.5 Å². The molecule has 2 amide bonds. The average Bonchev–Trinajstić information content (AvgIpc) is 3.80. The highest BCUT2D eigenvalue weighted by Crippen LogP contribution is 2.55. The van der Waals surface area contributed by atoms with Crippen molar-refractivity contribution in [2.45, 2.75) is 77.3 Å². The number of carbonyl (C=O) groups is 3. The van der Waals surface area contributed by atoms with E-state index < -0.39 is 5.97 Å². The van der Waals surface area contributed by atoms with Gasteiger partial charge in [0.15, 0.2) is 5.82 Å². The molecule has 2 saturated heterocycles. The summed E-state index contributed by atoms with van der Waals surface area (Å²) in [6, 6.07) is 8.46. The van der Waals surface area contributed by atoms with Crippen LogP contribution in [-0.2, 0) is 11.3 Å². The quantitative estimate of drug-likeness (QED) is 0.270. The standard InChI is InChI=1S/C36H42N8O5/c1-22(44-13-12-29(39-44)24-6-4-5-7-24)31-38-30(40-49-31)28-18-41(19-36(28)20-42(21-36)33(46)27-14-35(27,2)3)32(45)26-15-37-43(17-26)16-23-8-10-25(11-9-23)34(47)48/h8-13,15,17,22,24,27-28H,4-7,14,16,18-21H2,1-3H3,(H,47,48). The fourth-order valence-corrected chi connectivity index (χ4v) is 8.14. The number of nitrogens with zero attached hydrogens (tertiary/aromatic N) is 8. The van der Waals surface area contributed by atoms with Crippen LogP contribution in [0.15, 0.2) is 53.4 Å². The Morgan fingerprint density at radius 2 is 1.73 bits per heavy atom. The fourth-order valence-electron chi connectivity index (χ4n) is 8.14.